The number of aromatic nitrogens is 2. The molecule has 2 aromatic rings. The molecule has 0 spiro atoms. The molecule has 132 valence electrons. The van der Waals surface area contributed by atoms with Crippen LogP contribution < -0.4 is 5.32 Å². The van der Waals surface area contributed by atoms with Gasteiger partial charge in [0.2, 0.25) is 5.91 Å². The lowest BCUT2D eigenvalue weighted by molar-refractivity contribution is -0.120. The van der Waals surface area contributed by atoms with E-state index in [9.17, 15) is 13.6 Å². The average molecular weight is 347 g/mol. The van der Waals surface area contributed by atoms with Crippen LogP contribution in [0.1, 0.15) is 42.3 Å². The Labute approximate surface area is 144 Å². The van der Waals surface area contributed by atoms with Gasteiger partial charge in [-0.15, -0.1) is 0 Å². The Kier molecular flexibility index (Phi) is 5.65. The molecule has 1 atom stereocenters. The van der Waals surface area contributed by atoms with Crippen LogP contribution in [0.4, 0.5) is 8.78 Å². The molecule has 25 heavy (non-hydrogen) atoms. The third kappa shape index (κ3) is 4.79. The Morgan fingerprint density at radius 2 is 1.96 bits per heavy atom. The second kappa shape index (κ2) is 8.11. The van der Waals surface area contributed by atoms with Gasteiger partial charge in [-0.3, -0.25) is 4.79 Å². The van der Waals surface area contributed by atoms with E-state index in [1.807, 2.05) is 0 Å². The summed E-state index contributed by atoms with van der Waals surface area (Å²) in [6, 6.07) is 3.43. The topological polar surface area (TPSA) is 64.1 Å². The van der Waals surface area contributed by atoms with Gasteiger partial charge in [-0.05, 0) is 37.0 Å². The van der Waals surface area contributed by atoms with E-state index < -0.39 is 11.6 Å². The van der Waals surface area contributed by atoms with Gasteiger partial charge < -0.3 is 10.1 Å². The van der Waals surface area contributed by atoms with E-state index in [4.69, 9.17) is 4.74 Å². The van der Waals surface area contributed by atoms with Crippen molar-refractivity contribution in [1.29, 1.82) is 0 Å². The Morgan fingerprint density at radius 1 is 1.16 bits per heavy atom. The highest BCUT2D eigenvalue weighted by molar-refractivity contribution is 5.78. The summed E-state index contributed by atoms with van der Waals surface area (Å²) in [5.41, 5.74) is 1.18. The van der Waals surface area contributed by atoms with Gasteiger partial charge in [0, 0.05) is 31.1 Å². The Hall–Kier alpha value is -2.41. The number of ether oxygens (including phenoxy) is 1. The molecule has 3 rings (SSSR count). The number of rotatable bonds is 5. The summed E-state index contributed by atoms with van der Waals surface area (Å²) in [6.07, 6.45) is 6.35. The fourth-order valence-corrected chi connectivity index (χ4v) is 2.66. The maximum Gasteiger partial charge on any atom is 0.224 e. The molecular formula is C18H19F2N3O2. The molecule has 1 saturated heterocycles. The highest BCUT2D eigenvalue weighted by atomic mass is 19.2. The predicted octanol–water partition coefficient (Wildman–Crippen LogP) is 2.86. The normalized spacial score (nSPS) is 17.3. The summed E-state index contributed by atoms with van der Waals surface area (Å²) in [5, 5.41) is 2.71. The van der Waals surface area contributed by atoms with E-state index >= 15 is 0 Å². The number of hydrogen-bond acceptors (Lipinski definition) is 4. The molecule has 0 bridgehead atoms. The molecular weight excluding hydrogens is 328 g/mol. The quantitative estimate of drug-likeness (QED) is 0.903. The van der Waals surface area contributed by atoms with E-state index in [1.54, 1.807) is 12.4 Å². The first-order valence-electron chi connectivity index (χ1n) is 8.25. The largest absolute Gasteiger partial charge is 0.370 e. The molecule has 1 amide bonds. The molecule has 1 aliphatic rings. The van der Waals surface area contributed by atoms with Crippen LogP contribution in [0.15, 0.2) is 30.6 Å². The van der Waals surface area contributed by atoms with Gasteiger partial charge in [0.15, 0.2) is 17.5 Å². The molecule has 0 radical (unpaired) electrons. The van der Waals surface area contributed by atoms with E-state index in [1.165, 1.54) is 6.07 Å². The summed E-state index contributed by atoms with van der Waals surface area (Å²) in [7, 11) is 0. The van der Waals surface area contributed by atoms with E-state index in [0.717, 1.165) is 43.6 Å². The van der Waals surface area contributed by atoms with Crippen molar-refractivity contribution in [3.63, 3.8) is 0 Å². The molecule has 5 nitrogen and oxygen atoms in total. The molecule has 1 unspecified atom stereocenters. The Bertz CT molecular complexity index is 732. The van der Waals surface area contributed by atoms with Crippen molar-refractivity contribution in [2.75, 3.05) is 6.61 Å². The van der Waals surface area contributed by atoms with Crippen molar-refractivity contribution >= 4 is 5.91 Å². The summed E-state index contributed by atoms with van der Waals surface area (Å²) < 4.78 is 31.6. The summed E-state index contributed by atoms with van der Waals surface area (Å²) in [6.45, 7) is 1.00. The zero-order chi connectivity index (χ0) is 17.6. The van der Waals surface area contributed by atoms with Crippen molar-refractivity contribution in [2.24, 2.45) is 0 Å². The lowest BCUT2D eigenvalue weighted by Gasteiger charge is -2.21. The minimum Gasteiger partial charge on any atom is -0.370 e. The minimum atomic E-state index is -0.959. The number of nitrogens with one attached hydrogen (secondary N) is 1. The monoisotopic (exact) mass is 347 g/mol. The van der Waals surface area contributed by atoms with Crippen LogP contribution in [-0.2, 0) is 22.5 Å². The van der Waals surface area contributed by atoms with Gasteiger partial charge in [-0.25, -0.2) is 18.7 Å². The number of nitrogens with zero attached hydrogens (tertiary/aromatic N) is 2. The number of halogens is 2. The first-order chi connectivity index (χ1) is 12.1. The highest BCUT2D eigenvalue weighted by Crippen LogP contribution is 2.24. The van der Waals surface area contributed by atoms with E-state index in [2.05, 4.69) is 15.3 Å². The minimum absolute atomic E-state index is 0.0218. The standard InChI is InChI=1S/C18H19F2N3O2/c19-14-5-4-12(7-15(14)20)8-17(24)21-9-13-10-22-18(23-11-13)16-3-1-2-6-25-16/h4-5,7,10-11,16H,1-3,6,8-9H2,(H,21,24). The van der Waals surface area contributed by atoms with E-state index in [0.29, 0.717) is 11.4 Å². The number of benzene rings is 1. The molecule has 1 aromatic heterocycles. The maximum atomic E-state index is 13.1. The van der Waals surface area contributed by atoms with Crippen molar-refractivity contribution in [3.05, 3.63) is 59.2 Å². The summed E-state index contributed by atoms with van der Waals surface area (Å²) >= 11 is 0. The second-order valence-corrected chi connectivity index (χ2v) is 6.01. The first kappa shape index (κ1) is 17.4. The summed E-state index contributed by atoms with van der Waals surface area (Å²) in [4.78, 5) is 20.5. The molecule has 2 heterocycles. The number of hydrogen-bond donors (Lipinski definition) is 1. The lowest BCUT2D eigenvalue weighted by Crippen LogP contribution is -2.25. The average Bonchev–Trinajstić information content (AvgIpc) is 2.64. The molecule has 0 aliphatic carbocycles. The van der Waals surface area contributed by atoms with E-state index in [-0.39, 0.29) is 25.0 Å². The van der Waals surface area contributed by atoms with Crippen LogP contribution in [0, 0.1) is 11.6 Å². The van der Waals surface area contributed by atoms with Gasteiger partial charge in [-0.2, -0.15) is 0 Å². The smallest absolute Gasteiger partial charge is 0.224 e. The molecule has 7 heteroatoms. The third-order valence-corrected chi connectivity index (χ3v) is 4.03. The van der Waals surface area contributed by atoms with Gasteiger partial charge in [0.05, 0.1) is 6.42 Å². The number of carbonyl (C=O) groups excluding carboxylic acids is 1. The molecule has 1 N–H and O–H groups in total. The molecule has 1 fully saturated rings. The van der Waals surface area contributed by atoms with Crippen molar-refractivity contribution in [1.82, 2.24) is 15.3 Å². The van der Waals surface area contributed by atoms with Gasteiger partial charge in [0.25, 0.3) is 0 Å². The lowest BCUT2D eigenvalue weighted by atomic mass is 10.1. The molecule has 0 saturated carbocycles. The van der Waals surface area contributed by atoms with Crippen LogP contribution >= 0.6 is 0 Å². The zero-order valence-corrected chi connectivity index (χ0v) is 13.7. The second-order valence-electron chi connectivity index (χ2n) is 6.01. The summed E-state index contributed by atoms with van der Waals surface area (Å²) in [5.74, 6) is -1.51. The zero-order valence-electron chi connectivity index (χ0n) is 13.7. The van der Waals surface area contributed by atoms with Crippen LogP contribution in [0.5, 0.6) is 0 Å². The Balaban J connectivity index is 1.50. The molecule has 1 aliphatic heterocycles. The van der Waals surface area contributed by atoms with Crippen molar-refractivity contribution in [2.45, 2.75) is 38.3 Å². The third-order valence-electron chi connectivity index (χ3n) is 4.03. The number of amides is 1. The van der Waals surface area contributed by atoms with Crippen LogP contribution in [0.3, 0.4) is 0 Å². The van der Waals surface area contributed by atoms with Crippen molar-refractivity contribution in [3.8, 4) is 0 Å². The predicted molar refractivity (Wildman–Crippen MR) is 86.5 cm³/mol. The van der Waals surface area contributed by atoms with Gasteiger partial charge in [0.1, 0.15) is 6.10 Å². The SMILES string of the molecule is O=C(Cc1ccc(F)c(F)c1)NCc1cnc(C2CCCCO2)nc1. The number of carbonyl (C=O) groups is 1. The highest BCUT2D eigenvalue weighted by Gasteiger charge is 2.18. The van der Waals surface area contributed by atoms with Crippen LogP contribution in [-0.4, -0.2) is 22.5 Å². The maximum absolute atomic E-state index is 13.1. The fraction of sp³-hybridized carbons (Fsp3) is 0.389. The van der Waals surface area contributed by atoms with Gasteiger partial charge in [-0.1, -0.05) is 6.07 Å². The van der Waals surface area contributed by atoms with Crippen molar-refractivity contribution < 1.29 is 18.3 Å². The van der Waals surface area contributed by atoms with Crippen LogP contribution in [0.2, 0.25) is 0 Å². The Morgan fingerprint density at radius 3 is 2.64 bits per heavy atom. The molecule has 1 aromatic carbocycles. The first-order valence-corrected chi connectivity index (χ1v) is 8.25. The van der Waals surface area contributed by atoms with Crippen LogP contribution in [0.25, 0.3) is 0 Å². The van der Waals surface area contributed by atoms with Gasteiger partial charge >= 0.3 is 0 Å². The fourth-order valence-electron chi connectivity index (χ4n) is 2.66.